The van der Waals surface area contributed by atoms with E-state index in [1.807, 2.05) is 30.3 Å². The summed E-state index contributed by atoms with van der Waals surface area (Å²) >= 11 is 0. The van der Waals surface area contributed by atoms with Gasteiger partial charge in [0.1, 0.15) is 18.5 Å². The van der Waals surface area contributed by atoms with E-state index >= 15 is 0 Å². The molecule has 0 heterocycles. The van der Waals surface area contributed by atoms with Crippen molar-refractivity contribution in [3.05, 3.63) is 42.5 Å². The minimum Gasteiger partial charge on any atom is -0.491 e. The molecule has 16 heavy (non-hydrogen) atoms. The van der Waals surface area contributed by atoms with Gasteiger partial charge in [-0.15, -0.1) is 6.58 Å². The highest BCUT2D eigenvalue weighted by molar-refractivity contribution is 5.28. The molecule has 1 aromatic carbocycles. The Labute approximate surface area is 96.3 Å². The van der Waals surface area contributed by atoms with Crippen molar-refractivity contribution in [1.29, 1.82) is 0 Å². The fraction of sp³-hybridized carbons (Fsp3) is 0.385. The smallest absolute Gasteiger partial charge is 0.119 e. The van der Waals surface area contributed by atoms with Gasteiger partial charge in [0.05, 0.1) is 6.61 Å². The van der Waals surface area contributed by atoms with Crippen LogP contribution in [0.1, 0.15) is 5.56 Å². The molecule has 0 amide bonds. The molecular weight excluding hydrogens is 204 g/mol. The summed E-state index contributed by atoms with van der Waals surface area (Å²) in [5, 5.41) is 9.39. The lowest BCUT2D eigenvalue weighted by Gasteiger charge is -2.11. The van der Waals surface area contributed by atoms with Crippen LogP contribution in [-0.2, 0) is 11.2 Å². The van der Waals surface area contributed by atoms with Crippen LogP contribution in [0.5, 0.6) is 5.75 Å². The Morgan fingerprint density at radius 1 is 1.31 bits per heavy atom. The second-order valence-electron chi connectivity index (χ2n) is 3.56. The normalized spacial score (nSPS) is 12.1. The summed E-state index contributed by atoms with van der Waals surface area (Å²) in [6, 6.07) is 7.75. The van der Waals surface area contributed by atoms with Gasteiger partial charge in [-0.05, 0) is 24.1 Å². The number of hydrogen-bond donors (Lipinski definition) is 1. The van der Waals surface area contributed by atoms with Crippen LogP contribution in [0, 0.1) is 0 Å². The van der Waals surface area contributed by atoms with Crippen molar-refractivity contribution >= 4 is 0 Å². The Kier molecular flexibility index (Phi) is 5.61. The van der Waals surface area contributed by atoms with Gasteiger partial charge in [0.2, 0.25) is 0 Å². The molecule has 3 nitrogen and oxygen atoms in total. The molecule has 0 aliphatic heterocycles. The number of aliphatic hydroxyl groups excluding tert-OH is 1. The van der Waals surface area contributed by atoms with E-state index in [1.54, 1.807) is 7.11 Å². The van der Waals surface area contributed by atoms with E-state index in [0.29, 0.717) is 0 Å². The van der Waals surface area contributed by atoms with Crippen molar-refractivity contribution in [3.8, 4) is 5.75 Å². The Morgan fingerprint density at radius 3 is 2.56 bits per heavy atom. The van der Waals surface area contributed by atoms with E-state index in [2.05, 4.69) is 6.58 Å². The first-order valence-corrected chi connectivity index (χ1v) is 5.26. The van der Waals surface area contributed by atoms with Gasteiger partial charge < -0.3 is 14.6 Å². The molecule has 0 saturated heterocycles. The summed E-state index contributed by atoms with van der Waals surface area (Å²) in [7, 11) is 1.55. The van der Waals surface area contributed by atoms with Gasteiger partial charge in [-0.3, -0.25) is 0 Å². The van der Waals surface area contributed by atoms with Crippen LogP contribution in [0.2, 0.25) is 0 Å². The van der Waals surface area contributed by atoms with Crippen molar-refractivity contribution in [2.75, 3.05) is 20.3 Å². The summed E-state index contributed by atoms with van der Waals surface area (Å²) in [4.78, 5) is 0. The summed E-state index contributed by atoms with van der Waals surface area (Å²) in [6.45, 7) is 4.21. The van der Waals surface area contributed by atoms with Crippen molar-refractivity contribution in [2.24, 2.45) is 0 Å². The third-order valence-corrected chi connectivity index (χ3v) is 2.10. The molecule has 0 radical (unpaired) electrons. The van der Waals surface area contributed by atoms with E-state index in [0.717, 1.165) is 12.2 Å². The molecule has 3 heteroatoms. The van der Waals surface area contributed by atoms with Crippen LogP contribution in [0.25, 0.3) is 0 Å². The third kappa shape index (κ3) is 4.47. The number of benzene rings is 1. The lowest BCUT2D eigenvalue weighted by Crippen LogP contribution is -2.22. The number of hydrogen-bond acceptors (Lipinski definition) is 3. The standard InChI is InChI=1S/C13H18O3/c1-3-4-11-5-7-13(8-6-11)16-10-12(14)9-15-2/h3,5-8,12,14H,1,4,9-10H2,2H3. The van der Waals surface area contributed by atoms with Crippen molar-refractivity contribution in [2.45, 2.75) is 12.5 Å². The van der Waals surface area contributed by atoms with E-state index in [-0.39, 0.29) is 13.2 Å². The zero-order chi connectivity index (χ0) is 11.8. The van der Waals surface area contributed by atoms with E-state index in [9.17, 15) is 5.11 Å². The molecule has 1 atom stereocenters. The second-order valence-corrected chi connectivity index (χ2v) is 3.56. The highest BCUT2D eigenvalue weighted by atomic mass is 16.5. The zero-order valence-corrected chi connectivity index (χ0v) is 9.56. The first-order chi connectivity index (χ1) is 7.76. The van der Waals surface area contributed by atoms with Crippen LogP contribution < -0.4 is 4.74 Å². The van der Waals surface area contributed by atoms with Gasteiger partial charge in [0.15, 0.2) is 0 Å². The molecule has 0 saturated carbocycles. The van der Waals surface area contributed by atoms with Crippen molar-refractivity contribution in [3.63, 3.8) is 0 Å². The van der Waals surface area contributed by atoms with Crippen molar-refractivity contribution in [1.82, 2.24) is 0 Å². The Balaban J connectivity index is 2.39. The molecule has 0 bridgehead atoms. The fourth-order valence-corrected chi connectivity index (χ4v) is 1.32. The number of allylic oxidation sites excluding steroid dienone is 1. The molecule has 1 rings (SSSR count). The van der Waals surface area contributed by atoms with Gasteiger partial charge in [-0.2, -0.15) is 0 Å². The van der Waals surface area contributed by atoms with E-state index < -0.39 is 6.10 Å². The number of ether oxygens (including phenoxy) is 2. The summed E-state index contributed by atoms with van der Waals surface area (Å²) in [5.74, 6) is 0.753. The molecular formula is C13H18O3. The minimum absolute atomic E-state index is 0.245. The predicted octanol–water partition coefficient (Wildman–Crippen LogP) is 1.80. The average molecular weight is 222 g/mol. The lowest BCUT2D eigenvalue weighted by molar-refractivity contribution is 0.0325. The van der Waals surface area contributed by atoms with Crippen LogP contribution >= 0.6 is 0 Å². The fourth-order valence-electron chi connectivity index (χ4n) is 1.32. The number of aliphatic hydroxyl groups is 1. The molecule has 1 unspecified atom stereocenters. The summed E-state index contributed by atoms with van der Waals surface area (Å²) in [5.41, 5.74) is 1.19. The quantitative estimate of drug-likeness (QED) is 0.715. The number of rotatable bonds is 7. The Hall–Kier alpha value is -1.32. The highest BCUT2D eigenvalue weighted by Gasteiger charge is 2.03. The first-order valence-electron chi connectivity index (χ1n) is 5.26. The monoisotopic (exact) mass is 222 g/mol. The topological polar surface area (TPSA) is 38.7 Å². The van der Waals surface area contributed by atoms with Crippen molar-refractivity contribution < 1.29 is 14.6 Å². The maximum absolute atomic E-state index is 9.39. The molecule has 1 N–H and O–H groups in total. The Bertz CT molecular complexity index is 305. The van der Waals surface area contributed by atoms with Gasteiger partial charge >= 0.3 is 0 Å². The molecule has 0 fully saturated rings. The average Bonchev–Trinajstić information content (AvgIpc) is 2.29. The molecule has 0 aliphatic rings. The van der Waals surface area contributed by atoms with Crippen LogP contribution in [0.4, 0.5) is 0 Å². The third-order valence-electron chi connectivity index (χ3n) is 2.10. The molecule has 0 aromatic heterocycles. The molecule has 1 aromatic rings. The number of methoxy groups -OCH3 is 1. The summed E-state index contributed by atoms with van der Waals surface area (Å²) in [6.07, 6.45) is 2.13. The lowest BCUT2D eigenvalue weighted by atomic mass is 10.1. The minimum atomic E-state index is -0.585. The van der Waals surface area contributed by atoms with Crippen LogP contribution in [0.15, 0.2) is 36.9 Å². The second kappa shape index (κ2) is 7.04. The van der Waals surface area contributed by atoms with Gasteiger partial charge in [-0.1, -0.05) is 18.2 Å². The molecule has 0 spiro atoms. The maximum atomic E-state index is 9.39. The van der Waals surface area contributed by atoms with Crippen LogP contribution in [-0.4, -0.2) is 31.5 Å². The Morgan fingerprint density at radius 2 is 2.00 bits per heavy atom. The highest BCUT2D eigenvalue weighted by Crippen LogP contribution is 2.13. The van der Waals surface area contributed by atoms with Gasteiger partial charge in [0, 0.05) is 7.11 Å². The van der Waals surface area contributed by atoms with E-state index in [4.69, 9.17) is 9.47 Å². The largest absolute Gasteiger partial charge is 0.491 e. The molecule has 88 valence electrons. The zero-order valence-electron chi connectivity index (χ0n) is 9.56. The maximum Gasteiger partial charge on any atom is 0.119 e. The SMILES string of the molecule is C=CCc1ccc(OCC(O)COC)cc1. The molecule has 0 aliphatic carbocycles. The van der Waals surface area contributed by atoms with Gasteiger partial charge in [0.25, 0.3) is 0 Å². The van der Waals surface area contributed by atoms with Gasteiger partial charge in [-0.25, -0.2) is 0 Å². The summed E-state index contributed by atoms with van der Waals surface area (Å²) < 4.78 is 10.2. The van der Waals surface area contributed by atoms with E-state index in [1.165, 1.54) is 5.56 Å². The first kappa shape index (κ1) is 12.7. The predicted molar refractivity (Wildman–Crippen MR) is 63.7 cm³/mol. The van der Waals surface area contributed by atoms with Crippen LogP contribution in [0.3, 0.4) is 0 Å².